The number of rotatable bonds is 35. The fourth-order valence-corrected chi connectivity index (χ4v) is 5.39. The van der Waals surface area contributed by atoms with Gasteiger partial charge >= 0.3 is 11.9 Å². The number of allylic oxidation sites excluding steroid dienone is 12. The number of carbonyl (C=O) groups is 3. The Morgan fingerprint density at radius 2 is 1.06 bits per heavy atom. The molecular weight excluding hydrogens is 666 g/mol. The molecule has 2 atom stereocenters. The molecule has 0 aliphatic carbocycles. The topological polar surface area (TPSA) is 102 Å². The summed E-state index contributed by atoms with van der Waals surface area (Å²) in [6.45, 7) is 4.41. The van der Waals surface area contributed by atoms with Crippen molar-refractivity contribution in [3.05, 3.63) is 72.9 Å². The molecule has 2 unspecified atom stereocenters. The van der Waals surface area contributed by atoms with Crippen molar-refractivity contribution in [2.75, 3.05) is 41.0 Å². The highest BCUT2D eigenvalue weighted by molar-refractivity contribution is 5.70. The van der Waals surface area contributed by atoms with Crippen molar-refractivity contribution < 1.29 is 38.2 Å². The number of aliphatic carboxylic acids is 1. The highest BCUT2D eigenvalue weighted by atomic mass is 16.6. The van der Waals surface area contributed by atoms with E-state index >= 15 is 0 Å². The quantitative estimate of drug-likeness (QED) is 0.0276. The van der Waals surface area contributed by atoms with E-state index in [1.54, 1.807) is 21.1 Å². The third-order valence-corrected chi connectivity index (χ3v) is 8.56. The smallest absolute Gasteiger partial charge is 0.306 e. The van der Waals surface area contributed by atoms with Gasteiger partial charge in [-0.15, -0.1) is 0 Å². The third-order valence-electron chi connectivity index (χ3n) is 8.56. The van der Waals surface area contributed by atoms with Gasteiger partial charge in [-0.2, -0.15) is 0 Å². The second kappa shape index (κ2) is 35.8. The highest BCUT2D eigenvalue weighted by Gasteiger charge is 2.25. The van der Waals surface area contributed by atoms with Crippen molar-refractivity contribution in [3.63, 3.8) is 0 Å². The first kappa shape index (κ1) is 49.8. The zero-order chi connectivity index (χ0) is 39.3. The fourth-order valence-electron chi connectivity index (χ4n) is 5.39. The van der Waals surface area contributed by atoms with Crippen LogP contribution in [0.2, 0.25) is 0 Å². The first-order valence-corrected chi connectivity index (χ1v) is 20.5. The van der Waals surface area contributed by atoms with Gasteiger partial charge in [0, 0.05) is 19.3 Å². The van der Waals surface area contributed by atoms with Crippen LogP contribution < -0.4 is 5.11 Å². The third kappa shape index (κ3) is 34.3. The van der Waals surface area contributed by atoms with Crippen LogP contribution in [0.4, 0.5) is 0 Å². The standard InChI is InChI=1S/C45H75NO7/c1-6-8-10-12-14-16-18-19-20-21-22-23-24-25-26-28-30-32-34-36-44(48)53-41(39-51-38-37-42(45(49)50)46(3,4)5)40-52-43(47)35-33-31-29-27-17-15-13-11-9-7-2/h8,10-11,13-14,16,19-20,22-23,25-26,41-42H,6-7,9,12,15,17-18,21,24,27-40H2,1-5H3/b10-8-,13-11-,16-14-,20-19-,23-22-,26-25-. The summed E-state index contributed by atoms with van der Waals surface area (Å²) in [6.07, 6.45) is 43.6. The Bertz CT molecular complexity index is 1100. The molecule has 0 fully saturated rings. The molecule has 0 saturated heterocycles. The predicted octanol–water partition coefficient (Wildman–Crippen LogP) is 9.46. The van der Waals surface area contributed by atoms with Gasteiger partial charge in [0.15, 0.2) is 6.10 Å². The largest absolute Gasteiger partial charge is 0.544 e. The number of nitrogens with zero attached hydrogens (tertiary/aromatic N) is 1. The molecule has 0 aliphatic rings. The molecule has 0 heterocycles. The summed E-state index contributed by atoms with van der Waals surface area (Å²) >= 11 is 0. The van der Waals surface area contributed by atoms with Gasteiger partial charge in [-0.3, -0.25) is 9.59 Å². The maximum Gasteiger partial charge on any atom is 0.306 e. The molecule has 0 bridgehead atoms. The number of carbonyl (C=O) groups excluding carboxylic acids is 3. The van der Waals surface area contributed by atoms with Gasteiger partial charge in [0.25, 0.3) is 0 Å². The lowest BCUT2D eigenvalue weighted by Crippen LogP contribution is -2.55. The van der Waals surface area contributed by atoms with Gasteiger partial charge in [-0.1, -0.05) is 119 Å². The van der Waals surface area contributed by atoms with E-state index < -0.39 is 18.1 Å². The average Bonchev–Trinajstić information content (AvgIpc) is 3.11. The minimum atomic E-state index is -1.14. The second-order valence-electron chi connectivity index (χ2n) is 14.5. The van der Waals surface area contributed by atoms with Crippen LogP contribution in [0.1, 0.15) is 142 Å². The van der Waals surface area contributed by atoms with Crippen LogP contribution in [-0.2, 0) is 28.6 Å². The van der Waals surface area contributed by atoms with Gasteiger partial charge in [-0.05, 0) is 77.0 Å². The van der Waals surface area contributed by atoms with E-state index in [2.05, 4.69) is 86.8 Å². The second-order valence-corrected chi connectivity index (χ2v) is 14.5. The lowest BCUT2D eigenvalue weighted by atomic mass is 10.1. The molecule has 0 radical (unpaired) electrons. The van der Waals surface area contributed by atoms with E-state index in [-0.39, 0.29) is 49.1 Å². The zero-order valence-electron chi connectivity index (χ0n) is 34.2. The number of quaternary nitrogens is 1. The van der Waals surface area contributed by atoms with Gasteiger partial charge in [0.1, 0.15) is 12.6 Å². The number of hydrogen-bond donors (Lipinski definition) is 0. The number of hydrogen-bond acceptors (Lipinski definition) is 7. The van der Waals surface area contributed by atoms with Crippen LogP contribution in [0.5, 0.6) is 0 Å². The molecule has 0 aliphatic heterocycles. The van der Waals surface area contributed by atoms with E-state index in [0.717, 1.165) is 89.9 Å². The van der Waals surface area contributed by atoms with Crippen LogP contribution in [-0.4, -0.2) is 75.5 Å². The van der Waals surface area contributed by atoms with Crippen LogP contribution in [0, 0.1) is 0 Å². The van der Waals surface area contributed by atoms with E-state index in [1.807, 2.05) is 0 Å². The van der Waals surface area contributed by atoms with Crippen molar-refractivity contribution in [1.82, 2.24) is 0 Å². The normalized spacial score (nSPS) is 13.8. The number of carboxylic acids is 1. The minimum absolute atomic E-state index is 0.0205. The number of unbranched alkanes of at least 4 members (excludes halogenated alkanes) is 9. The van der Waals surface area contributed by atoms with E-state index in [1.165, 1.54) is 12.8 Å². The summed E-state index contributed by atoms with van der Waals surface area (Å²) in [5.41, 5.74) is 0. The van der Waals surface area contributed by atoms with Crippen molar-refractivity contribution in [2.24, 2.45) is 0 Å². The van der Waals surface area contributed by atoms with E-state index in [4.69, 9.17) is 14.2 Å². The lowest BCUT2D eigenvalue weighted by molar-refractivity contribution is -0.889. The molecule has 302 valence electrons. The maximum atomic E-state index is 12.7. The van der Waals surface area contributed by atoms with E-state index in [9.17, 15) is 19.5 Å². The average molecular weight is 742 g/mol. The first-order chi connectivity index (χ1) is 25.6. The van der Waals surface area contributed by atoms with Crippen LogP contribution in [0.15, 0.2) is 72.9 Å². The van der Waals surface area contributed by atoms with Crippen LogP contribution in [0.25, 0.3) is 0 Å². The molecule has 0 N–H and O–H groups in total. The van der Waals surface area contributed by atoms with Crippen molar-refractivity contribution in [1.29, 1.82) is 0 Å². The summed E-state index contributed by atoms with van der Waals surface area (Å²) in [7, 11) is 5.37. The molecule has 0 rings (SSSR count). The molecule has 53 heavy (non-hydrogen) atoms. The maximum absolute atomic E-state index is 12.7. The number of ether oxygens (including phenoxy) is 3. The molecule has 0 saturated carbocycles. The number of esters is 2. The van der Waals surface area contributed by atoms with E-state index in [0.29, 0.717) is 12.8 Å². The lowest BCUT2D eigenvalue weighted by Gasteiger charge is -2.34. The van der Waals surface area contributed by atoms with Crippen LogP contribution >= 0.6 is 0 Å². The monoisotopic (exact) mass is 742 g/mol. The minimum Gasteiger partial charge on any atom is -0.544 e. The van der Waals surface area contributed by atoms with Crippen LogP contribution in [0.3, 0.4) is 0 Å². The van der Waals surface area contributed by atoms with Gasteiger partial charge in [0.2, 0.25) is 0 Å². The summed E-state index contributed by atoms with van der Waals surface area (Å²) in [6, 6.07) is -0.735. The molecular formula is C45H75NO7. The summed E-state index contributed by atoms with van der Waals surface area (Å²) in [4.78, 5) is 36.7. The Kier molecular flexibility index (Phi) is 33.6. The Balaban J connectivity index is 4.45. The molecule has 8 nitrogen and oxygen atoms in total. The molecule has 8 heteroatoms. The highest BCUT2D eigenvalue weighted by Crippen LogP contribution is 2.12. The van der Waals surface area contributed by atoms with Crippen molar-refractivity contribution in [3.8, 4) is 0 Å². The summed E-state index contributed by atoms with van der Waals surface area (Å²) < 4.78 is 17.1. The Hall–Kier alpha value is -3.23. The molecule has 0 aromatic rings. The summed E-state index contributed by atoms with van der Waals surface area (Å²) in [5.74, 6) is -1.80. The van der Waals surface area contributed by atoms with Gasteiger partial charge < -0.3 is 28.6 Å². The number of carboxylic acid groups (broad SMARTS) is 1. The Morgan fingerprint density at radius 3 is 1.60 bits per heavy atom. The molecule has 0 aromatic heterocycles. The molecule has 0 amide bonds. The zero-order valence-corrected chi connectivity index (χ0v) is 34.2. The Morgan fingerprint density at radius 1 is 0.585 bits per heavy atom. The SMILES string of the molecule is CC/C=C\C/C=C\C/C=C\C/C=C\C/C=C\CCCCCC(=O)OC(COCCC(C(=O)[O-])[N+](C)(C)C)COC(=O)CCCCCCC/C=C\CCC. The molecule has 0 spiro atoms. The summed E-state index contributed by atoms with van der Waals surface area (Å²) in [5, 5.41) is 11.6. The number of likely N-dealkylation sites (N-methyl/N-ethyl adjacent to an activating group) is 1. The molecule has 0 aromatic carbocycles. The van der Waals surface area contributed by atoms with Gasteiger partial charge in [-0.25, -0.2) is 0 Å². The van der Waals surface area contributed by atoms with Gasteiger partial charge in [0.05, 0.1) is 40.3 Å². The van der Waals surface area contributed by atoms with Crippen molar-refractivity contribution >= 4 is 17.9 Å². The predicted molar refractivity (Wildman–Crippen MR) is 217 cm³/mol. The fraction of sp³-hybridized carbons (Fsp3) is 0.667. The Labute approximate surface area is 323 Å². The first-order valence-electron chi connectivity index (χ1n) is 20.5. The van der Waals surface area contributed by atoms with Crippen molar-refractivity contribution in [2.45, 2.75) is 154 Å².